The summed E-state index contributed by atoms with van der Waals surface area (Å²) in [5.41, 5.74) is 2.85. The second-order valence-electron chi connectivity index (χ2n) is 5.13. The Balaban J connectivity index is 1.69. The molecule has 0 bridgehead atoms. The number of aromatic nitrogens is 2. The molecular weight excluding hydrogens is 290 g/mol. The minimum atomic E-state index is -0.133. The highest BCUT2D eigenvalue weighted by atomic mass is 16.2. The van der Waals surface area contributed by atoms with Crippen molar-refractivity contribution >= 4 is 17.3 Å². The van der Waals surface area contributed by atoms with E-state index in [4.69, 9.17) is 5.26 Å². The van der Waals surface area contributed by atoms with Crippen molar-refractivity contribution in [3.8, 4) is 6.07 Å². The molecule has 1 aromatic heterocycles. The minimum absolute atomic E-state index is 0.133. The average molecular weight is 305 g/mol. The molecule has 1 N–H and O–H groups in total. The lowest BCUT2D eigenvalue weighted by atomic mass is 10.0. The Labute approximate surface area is 134 Å². The zero-order valence-corrected chi connectivity index (χ0v) is 12.4. The first-order valence-electron chi connectivity index (χ1n) is 7.30. The van der Waals surface area contributed by atoms with E-state index in [1.54, 1.807) is 11.0 Å². The third-order valence-corrected chi connectivity index (χ3v) is 3.67. The first kappa shape index (κ1) is 14.7. The number of carbonyl (C=O) groups excluding carboxylic acids is 1. The molecule has 0 atom stereocenters. The van der Waals surface area contributed by atoms with E-state index in [2.05, 4.69) is 21.6 Å². The third-order valence-electron chi connectivity index (χ3n) is 3.67. The third kappa shape index (κ3) is 3.35. The van der Waals surface area contributed by atoms with E-state index in [1.165, 1.54) is 6.20 Å². The van der Waals surface area contributed by atoms with Gasteiger partial charge in [0.15, 0.2) is 0 Å². The molecule has 2 aromatic rings. The van der Waals surface area contributed by atoms with Gasteiger partial charge in [-0.1, -0.05) is 24.3 Å². The van der Waals surface area contributed by atoms with Crippen LogP contribution in [0.2, 0.25) is 0 Å². The number of nitrogens with zero attached hydrogens (tertiary/aromatic N) is 4. The number of hydrogen-bond donors (Lipinski definition) is 1. The summed E-state index contributed by atoms with van der Waals surface area (Å²) in [6, 6.07) is 13.0. The molecule has 0 fully saturated rings. The van der Waals surface area contributed by atoms with Crippen molar-refractivity contribution in [1.29, 1.82) is 5.26 Å². The molecular formula is C17H15N5O. The van der Waals surface area contributed by atoms with Crippen molar-refractivity contribution in [3.63, 3.8) is 0 Å². The average Bonchev–Trinajstić information content (AvgIpc) is 2.62. The highest BCUT2D eigenvalue weighted by Gasteiger charge is 2.20. The predicted molar refractivity (Wildman–Crippen MR) is 86.4 cm³/mol. The van der Waals surface area contributed by atoms with Crippen molar-refractivity contribution in [2.75, 3.05) is 18.4 Å². The largest absolute Gasteiger partial charge is 0.322 e. The van der Waals surface area contributed by atoms with Crippen molar-refractivity contribution < 1.29 is 4.79 Å². The van der Waals surface area contributed by atoms with Crippen molar-refractivity contribution in [2.24, 2.45) is 0 Å². The monoisotopic (exact) mass is 305 g/mol. The zero-order chi connectivity index (χ0) is 16.1. The molecule has 6 heteroatoms. The number of urea groups is 1. The Morgan fingerprint density at radius 1 is 1.26 bits per heavy atom. The van der Waals surface area contributed by atoms with Crippen LogP contribution in [-0.2, 0) is 0 Å². The molecule has 2 heterocycles. The number of benzene rings is 1. The second-order valence-corrected chi connectivity index (χ2v) is 5.13. The van der Waals surface area contributed by atoms with Crippen LogP contribution in [-0.4, -0.2) is 34.2 Å². The first-order chi connectivity index (χ1) is 11.3. The van der Waals surface area contributed by atoms with Gasteiger partial charge < -0.3 is 10.2 Å². The summed E-state index contributed by atoms with van der Waals surface area (Å²) in [4.78, 5) is 14.0. The normalized spacial score (nSPS) is 13.9. The molecule has 1 aliphatic rings. The maximum Gasteiger partial charge on any atom is 0.322 e. The summed E-state index contributed by atoms with van der Waals surface area (Å²) in [5, 5.41) is 19.9. The Kier molecular flexibility index (Phi) is 4.29. The fourth-order valence-corrected chi connectivity index (χ4v) is 2.45. The van der Waals surface area contributed by atoms with Crippen LogP contribution in [0.5, 0.6) is 0 Å². The van der Waals surface area contributed by atoms with Gasteiger partial charge in [0.2, 0.25) is 0 Å². The molecule has 114 valence electrons. The highest BCUT2D eigenvalue weighted by molar-refractivity contribution is 5.90. The quantitative estimate of drug-likeness (QED) is 0.924. The van der Waals surface area contributed by atoms with E-state index >= 15 is 0 Å². The van der Waals surface area contributed by atoms with Gasteiger partial charge in [0, 0.05) is 18.8 Å². The van der Waals surface area contributed by atoms with Gasteiger partial charge in [0.25, 0.3) is 0 Å². The number of anilines is 1. The molecule has 1 aromatic carbocycles. The predicted octanol–water partition coefficient (Wildman–Crippen LogP) is 2.67. The van der Waals surface area contributed by atoms with Crippen LogP contribution in [0.4, 0.5) is 10.5 Å². The van der Waals surface area contributed by atoms with Gasteiger partial charge in [-0.3, -0.25) is 0 Å². The van der Waals surface area contributed by atoms with Crippen LogP contribution in [0, 0.1) is 11.3 Å². The lowest BCUT2D eigenvalue weighted by Gasteiger charge is -2.26. The molecule has 0 radical (unpaired) electrons. The van der Waals surface area contributed by atoms with Crippen molar-refractivity contribution in [1.82, 2.24) is 15.1 Å². The van der Waals surface area contributed by atoms with Crippen LogP contribution in [0.1, 0.15) is 17.7 Å². The van der Waals surface area contributed by atoms with Gasteiger partial charge in [-0.2, -0.15) is 10.4 Å². The van der Waals surface area contributed by atoms with Crippen LogP contribution >= 0.6 is 0 Å². The van der Waals surface area contributed by atoms with Gasteiger partial charge in [-0.15, -0.1) is 5.10 Å². The van der Waals surface area contributed by atoms with Crippen LogP contribution in [0.3, 0.4) is 0 Å². The zero-order valence-electron chi connectivity index (χ0n) is 12.4. The Morgan fingerprint density at radius 2 is 2.09 bits per heavy atom. The van der Waals surface area contributed by atoms with Gasteiger partial charge in [-0.25, -0.2) is 4.79 Å². The Hall–Kier alpha value is -3.20. The van der Waals surface area contributed by atoms with Crippen LogP contribution < -0.4 is 5.32 Å². The number of nitrogens with one attached hydrogen (secondary N) is 1. The summed E-state index contributed by atoms with van der Waals surface area (Å²) in [5.74, 6) is 0. The summed E-state index contributed by atoms with van der Waals surface area (Å²) in [6.07, 6.45) is 4.08. The van der Waals surface area contributed by atoms with Gasteiger partial charge >= 0.3 is 6.03 Å². The molecule has 0 aliphatic carbocycles. The molecule has 0 unspecified atom stereocenters. The summed E-state index contributed by atoms with van der Waals surface area (Å²) >= 11 is 0. The Bertz CT molecular complexity index is 779. The molecule has 23 heavy (non-hydrogen) atoms. The fourth-order valence-electron chi connectivity index (χ4n) is 2.45. The van der Waals surface area contributed by atoms with E-state index in [0.29, 0.717) is 30.8 Å². The number of para-hydroxylation sites is 1. The summed E-state index contributed by atoms with van der Waals surface area (Å²) in [6.45, 7) is 1.06. The van der Waals surface area contributed by atoms with Gasteiger partial charge in [0.1, 0.15) is 11.8 Å². The van der Waals surface area contributed by atoms with Crippen molar-refractivity contribution in [3.05, 3.63) is 59.9 Å². The number of rotatable bonds is 2. The first-order valence-corrected chi connectivity index (χ1v) is 7.30. The molecule has 0 saturated heterocycles. The van der Waals surface area contributed by atoms with E-state index < -0.39 is 0 Å². The standard InChI is InChI=1S/C17H15N5O/c18-12-14-6-9-19-21-16(14)13-7-10-22(11-8-13)17(23)20-15-4-2-1-3-5-15/h1-7,9H,8,10-11H2,(H,20,23). The molecule has 6 nitrogen and oxygen atoms in total. The van der Waals surface area contributed by atoms with Gasteiger partial charge in [-0.05, 0) is 30.2 Å². The lowest BCUT2D eigenvalue weighted by molar-refractivity contribution is 0.217. The molecule has 0 saturated carbocycles. The lowest BCUT2D eigenvalue weighted by Crippen LogP contribution is -2.38. The van der Waals surface area contributed by atoms with E-state index in [1.807, 2.05) is 36.4 Å². The number of amides is 2. The maximum absolute atomic E-state index is 12.2. The molecule has 3 rings (SSSR count). The molecule has 0 spiro atoms. The van der Waals surface area contributed by atoms with E-state index in [9.17, 15) is 4.79 Å². The molecule has 2 amide bonds. The van der Waals surface area contributed by atoms with E-state index in [0.717, 1.165) is 11.3 Å². The van der Waals surface area contributed by atoms with E-state index in [-0.39, 0.29) is 6.03 Å². The van der Waals surface area contributed by atoms with Gasteiger partial charge in [0.05, 0.1) is 11.8 Å². The highest BCUT2D eigenvalue weighted by Crippen LogP contribution is 2.23. The summed E-state index contributed by atoms with van der Waals surface area (Å²) < 4.78 is 0. The minimum Gasteiger partial charge on any atom is -0.320 e. The van der Waals surface area contributed by atoms with Crippen LogP contribution in [0.15, 0.2) is 48.7 Å². The smallest absolute Gasteiger partial charge is 0.320 e. The second kappa shape index (κ2) is 6.71. The number of hydrogen-bond acceptors (Lipinski definition) is 4. The van der Waals surface area contributed by atoms with Crippen molar-refractivity contribution in [2.45, 2.75) is 6.42 Å². The SMILES string of the molecule is N#Cc1ccnnc1C1=CCN(C(=O)Nc2ccccc2)CC1. The number of nitriles is 1. The van der Waals surface area contributed by atoms with Crippen LogP contribution in [0.25, 0.3) is 5.57 Å². The topological polar surface area (TPSA) is 81.9 Å². The fraction of sp³-hybridized carbons (Fsp3) is 0.176. The molecule has 1 aliphatic heterocycles. The Morgan fingerprint density at radius 3 is 2.78 bits per heavy atom. The summed E-state index contributed by atoms with van der Waals surface area (Å²) in [7, 11) is 0. The maximum atomic E-state index is 12.2. The number of carbonyl (C=O) groups is 1.